The van der Waals surface area contributed by atoms with Crippen LogP contribution in [0.3, 0.4) is 0 Å². The number of thioether (sulfide) groups is 2. The summed E-state index contributed by atoms with van der Waals surface area (Å²) >= 11 is 3.64. The average molecular weight is 669 g/mol. The van der Waals surface area contributed by atoms with Gasteiger partial charge in [0, 0.05) is 57.6 Å². The molecule has 2 saturated heterocycles. The molecule has 2 aromatic rings. The molecule has 6 nitrogen and oxygen atoms in total. The largest absolute Gasteiger partial charge is 0.379 e. The number of carbonyl (C=O) groups is 2. The molecule has 0 N–H and O–H groups in total. The molecule has 0 aliphatic carbocycles. The lowest BCUT2D eigenvalue weighted by molar-refractivity contribution is -0.0138. The maximum Gasteiger partial charge on any atom is 0.182 e. The average Bonchev–Trinajstić information content (AvgIpc) is 3.06. The van der Waals surface area contributed by atoms with E-state index < -0.39 is 11.1 Å². The molecule has 254 valence electrons. The summed E-state index contributed by atoms with van der Waals surface area (Å²) in [7, 11) is 0. The molecule has 46 heavy (non-hydrogen) atoms. The topological polar surface area (TPSA) is 59.1 Å². The molecule has 4 rings (SSSR count). The van der Waals surface area contributed by atoms with Crippen LogP contribution in [0.15, 0.2) is 58.3 Å². The van der Waals surface area contributed by atoms with E-state index in [1.165, 1.54) is 9.79 Å². The Morgan fingerprint density at radius 2 is 0.935 bits per heavy atom. The Kier molecular flexibility index (Phi) is 14.2. The minimum Gasteiger partial charge on any atom is -0.379 e. The molecule has 2 heterocycles. The van der Waals surface area contributed by atoms with Crippen molar-refractivity contribution in [1.82, 2.24) is 9.80 Å². The highest BCUT2D eigenvalue weighted by molar-refractivity contribution is 8.00. The third-order valence-corrected chi connectivity index (χ3v) is 11.5. The van der Waals surface area contributed by atoms with Crippen LogP contribution in [0.2, 0.25) is 0 Å². The van der Waals surface area contributed by atoms with Gasteiger partial charge in [0.15, 0.2) is 11.6 Å². The number of hydrogen-bond acceptors (Lipinski definition) is 8. The smallest absolute Gasteiger partial charge is 0.182 e. The lowest BCUT2D eigenvalue weighted by atomic mass is 9.82. The molecule has 2 aliphatic rings. The summed E-state index contributed by atoms with van der Waals surface area (Å²) in [5.41, 5.74) is 0.458. The van der Waals surface area contributed by atoms with Gasteiger partial charge < -0.3 is 9.47 Å². The predicted octanol–water partition coefficient (Wildman–Crippen LogP) is 8.28. The summed E-state index contributed by atoms with van der Waals surface area (Å²) in [4.78, 5) is 35.2. The van der Waals surface area contributed by atoms with Crippen molar-refractivity contribution < 1.29 is 19.1 Å². The van der Waals surface area contributed by atoms with Crippen LogP contribution >= 0.6 is 23.5 Å². The summed E-state index contributed by atoms with van der Waals surface area (Å²) < 4.78 is 11.3. The number of morpholine rings is 2. The normalized spacial score (nSPS) is 19.2. The van der Waals surface area contributed by atoms with Gasteiger partial charge in [0.1, 0.15) is 0 Å². The van der Waals surface area contributed by atoms with Crippen molar-refractivity contribution in [3.05, 3.63) is 59.7 Å². The number of unbranched alkanes of at least 4 members (excludes halogenated alkanes) is 3. The van der Waals surface area contributed by atoms with Crippen LogP contribution in [-0.2, 0) is 9.47 Å². The van der Waals surface area contributed by atoms with Crippen molar-refractivity contribution in [2.75, 3.05) is 52.6 Å². The van der Waals surface area contributed by atoms with Gasteiger partial charge >= 0.3 is 0 Å². The highest BCUT2D eigenvalue weighted by Gasteiger charge is 2.41. The Balaban J connectivity index is 1.38. The first-order chi connectivity index (χ1) is 22.0. The first-order valence-electron chi connectivity index (χ1n) is 17.3. The molecule has 0 saturated carbocycles. The zero-order chi connectivity index (χ0) is 33.2. The van der Waals surface area contributed by atoms with Gasteiger partial charge in [-0.05, 0) is 51.0 Å². The molecule has 2 atom stereocenters. The quantitative estimate of drug-likeness (QED) is 0.0949. The van der Waals surface area contributed by atoms with Crippen LogP contribution < -0.4 is 0 Å². The van der Waals surface area contributed by atoms with Crippen LogP contribution in [0.25, 0.3) is 0 Å². The number of ether oxygens (including phenoxy) is 2. The van der Waals surface area contributed by atoms with Crippen molar-refractivity contribution in [3.63, 3.8) is 0 Å². The van der Waals surface area contributed by atoms with Crippen molar-refractivity contribution >= 4 is 35.1 Å². The standard InChI is InChI=1S/C38H56N2O4S2/c1-29(2)45-33-15-11-31(12-16-33)35(41)37(5,39-21-25-43-26-22-39)19-9-7-8-10-20-38(6,40-23-27-44-28-24-40)36(42)32-13-17-34(18-14-32)46-30(3)4/h11-18,29-30H,7-10,19-28H2,1-6H3. The van der Waals surface area contributed by atoms with Gasteiger partial charge in [-0.2, -0.15) is 0 Å². The summed E-state index contributed by atoms with van der Waals surface area (Å²) in [6.45, 7) is 18.8. The van der Waals surface area contributed by atoms with Crippen molar-refractivity contribution in [1.29, 1.82) is 0 Å². The fourth-order valence-corrected chi connectivity index (χ4v) is 8.45. The van der Waals surface area contributed by atoms with Crippen LogP contribution in [-0.4, -0.2) is 95.6 Å². The molecule has 2 aromatic carbocycles. The van der Waals surface area contributed by atoms with Crippen molar-refractivity contribution in [3.8, 4) is 0 Å². The highest BCUT2D eigenvalue weighted by Crippen LogP contribution is 2.33. The molecule has 2 unspecified atom stereocenters. The zero-order valence-corrected chi connectivity index (χ0v) is 30.6. The summed E-state index contributed by atoms with van der Waals surface area (Å²) in [5, 5.41) is 1.01. The molecule has 0 aromatic heterocycles. The SMILES string of the molecule is CC(C)Sc1ccc(C(=O)C(C)(CCCCCCC(C)(C(=O)c2ccc(SC(C)C)cc2)N2CCOCC2)N2CCOCC2)cc1. The summed E-state index contributed by atoms with van der Waals surface area (Å²) in [5.74, 6) is 0.414. The monoisotopic (exact) mass is 668 g/mol. The van der Waals surface area contributed by atoms with E-state index in [-0.39, 0.29) is 11.6 Å². The molecule has 0 bridgehead atoms. The van der Waals surface area contributed by atoms with Crippen LogP contribution in [0, 0.1) is 0 Å². The number of hydrogen-bond donors (Lipinski definition) is 0. The number of carbonyl (C=O) groups excluding carboxylic acids is 2. The van der Waals surface area contributed by atoms with E-state index in [1.54, 1.807) is 0 Å². The van der Waals surface area contributed by atoms with E-state index in [0.717, 1.165) is 75.8 Å². The Bertz CT molecular complexity index is 1140. The van der Waals surface area contributed by atoms with E-state index in [0.29, 0.717) is 36.9 Å². The molecule has 0 amide bonds. The number of rotatable bonds is 17. The number of nitrogens with zero attached hydrogens (tertiary/aromatic N) is 2. The van der Waals surface area contributed by atoms with Crippen LogP contribution in [0.5, 0.6) is 0 Å². The second kappa shape index (κ2) is 17.6. The van der Waals surface area contributed by atoms with E-state index in [1.807, 2.05) is 47.8 Å². The molecular weight excluding hydrogens is 613 g/mol. The highest BCUT2D eigenvalue weighted by atomic mass is 32.2. The zero-order valence-electron chi connectivity index (χ0n) is 29.0. The van der Waals surface area contributed by atoms with Crippen LogP contribution in [0.4, 0.5) is 0 Å². The second-order valence-electron chi connectivity index (χ2n) is 13.7. The Morgan fingerprint density at radius 1 is 0.609 bits per heavy atom. The minimum absolute atomic E-state index is 0.207. The van der Waals surface area contributed by atoms with Gasteiger partial charge in [-0.3, -0.25) is 19.4 Å². The second-order valence-corrected chi connectivity index (χ2v) is 17.0. The van der Waals surface area contributed by atoms with Gasteiger partial charge in [0.05, 0.1) is 37.5 Å². The Morgan fingerprint density at radius 3 is 1.24 bits per heavy atom. The Labute approximate surface area is 286 Å². The fourth-order valence-electron chi connectivity index (χ4n) is 6.77. The molecule has 0 radical (unpaired) electrons. The number of benzene rings is 2. The summed E-state index contributed by atoms with van der Waals surface area (Å²) in [6.07, 6.45) is 5.64. The lowest BCUT2D eigenvalue weighted by Crippen LogP contribution is -2.56. The van der Waals surface area contributed by atoms with E-state index in [4.69, 9.17) is 9.47 Å². The molecule has 8 heteroatoms. The molecule has 0 spiro atoms. The molecular formula is C38H56N2O4S2. The third-order valence-electron chi connectivity index (χ3n) is 9.45. The first kappa shape index (κ1) is 37.1. The van der Waals surface area contributed by atoms with Gasteiger partial charge in [-0.15, -0.1) is 23.5 Å². The lowest BCUT2D eigenvalue weighted by Gasteiger charge is -2.43. The van der Waals surface area contributed by atoms with Crippen molar-refractivity contribution in [2.45, 2.75) is 111 Å². The van der Waals surface area contributed by atoms with Gasteiger partial charge in [-0.25, -0.2) is 0 Å². The van der Waals surface area contributed by atoms with E-state index >= 15 is 0 Å². The maximum atomic E-state index is 14.1. The van der Waals surface area contributed by atoms with Gasteiger partial charge in [0.2, 0.25) is 0 Å². The van der Waals surface area contributed by atoms with E-state index in [2.05, 4.69) is 75.6 Å². The van der Waals surface area contributed by atoms with Crippen LogP contribution in [0.1, 0.15) is 101 Å². The van der Waals surface area contributed by atoms with Gasteiger partial charge in [0.25, 0.3) is 0 Å². The predicted molar refractivity (Wildman–Crippen MR) is 193 cm³/mol. The fraction of sp³-hybridized carbons (Fsp3) is 0.632. The summed E-state index contributed by atoms with van der Waals surface area (Å²) in [6, 6.07) is 16.4. The Hall–Kier alpha value is -1.68. The number of ketones is 2. The number of Topliss-reactive ketones (excluding diaryl/α,β-unsaturated/α-hetero) is 2. The minimum atomic E-state index is -0.561. The van der Waals surface area contributed by atoms with E-state index in [9.17, 15) is 9.59 Å². The molecule has 2 aliphatic heterocycles. The maximum absolute atomic E-state index is 14.1. The van der Waals surface area contributed by atoms with Gasteiger partial charge in [-0.1, -0.05) is 77.6 Å². The first-order valence-corrected chi connectivity index (χ1v) is 19.1. The molecule has 2 fully saturated rings. The van der Waals surface area contributed by atoms with Crippen molar-refractivity contribution in [2.24, 2.45) is 0 Å². The third kappa shape index (κ3) is 9.93.